The minimum absolute atomic E-state index is 0.0406. The first-order chi connectivity index (χ1) is 5.83. The highest BCUT2D eigenvalue weighted by Crippen LogP contribution is 2.32. The lowest BCUT2D eigenvalue weighted by molar-refractivity contribution is 0.102. The van der Waals surface area contributed by atoms with Crippen LogP contribution in [-0.4, -0.2) is 24.8 Å². The van der Waals surface area contributed by atoms with Crippen molar-refractivity contribution >= 4 is 0 Å². The van der Waals surface area contributed by atoms with Gasteiger partial charge in [0.1, 0.15) is 0 Å². The maximum Gasteiger partial charge on any atom is 0.0482 e. The van der Waals surface area contributed by atoms with Crippen molar-refractivity contribution in [3.8, 4) is 0 Å². The van der Waals surface area contributed by atoms with Crippen LogP contribution in [0.25, 0.3) is 0 Å². The monoisotopic (exact) mass is 187 g/mol. The minimum atomic E-state index is 0.0406. The van der Waals surface area contributed by atoms with Crippen molar-refractivity contribution in [2.45, 2.75) is 41.0 Å². The average Bonchev–Trinajstić information content (AvgIpc) is 1.99. The van der Waals surface area contributed by atoms with Crippen LogP contribution in [0.5, 0.6) is 0 Å². The van der Waals surface area contributed by atoms with E-state index in [-0.39, 0.29) is 17.4 Å². The topological polar surface area (TPSA) is 32.3 Å². The number of rotatable bonds is 6. The van der Waals surface area contributed by atoms with Crippen LogP contribution in [0.3, 0.4) is 0 Å². The molecule has 0 amide bonds. The van der Waals surface area contributed by atoms with E-state index in [1.54, 1.807) is 0 Å². The van der Waals surface area contributed by atoms with Crippen LogP contribution in [0.2, 0.25) is 0 Å². The van der Waals surface area contributed by atoms with Crippen LogP contribution in [0.4, 0.5) is 0 Å². The largest absolute Gasteiger partial charge is 0.396 e. The second kappa shape index (κ2) is 4.97. The van der Waals surface area contributed by atoms with Crippen LogP contribution in [0, 0.1) is 10.8 Å². The van der Waals surface area contributed by atoms with E-state index < -0.39 is 0 Å². The molecule has 0 bridgehead atoms. The highest BCUT2D eigenvalue weighted by atomic mass is 16.3. The van der Waals surface area contributed by atoms with E-state index in [1.165, 1.54) is 0 Å². The number of hydrogen-bond acceptors (Lipinski definition) is 2. The van der Waals surface area contributed by atoms with Gasteiger partial charge in [0.25, 0.3) is 0 Å². The molecule has 80 valence electrons. The van der Waals surface area contributed by atoms with E-state index in [0.717, 1.165) is 19.5 Å². The zero-order chi connectivity index (χ0) is 10.5. The van der Waals surface area contributed by atoms with Crippen molar-refractivity contribution in [3.63, 3.8) is 0 Å². The van der Waals surface area contributed by atoms with Crippen LogP contribution in [-0.2, 0) is 0 Å². The molecule has 2 heteroatoms. The molecule has 0 aromatic rings. The smallest absolute Gasteiger partial charge is 0.0482 e. The molecule has 0 fully saturated rings. The number of nitrogens with one attached hydrogen (secondary N) is 1. The predicted octanol–water partition coefficient (Wildman–Crippen LogP) is 2.03. The van der Waals surface area contributed by atoms with Gasteiger partial charge < -0.3 is 10.4 Å². The molecule has 2 N–H and O–H groups in total. The maximum absolute atomic E-state index is 9.16. The van der Waals surface area contributed by atoms with Gasteiger partial charge in [-0.15, -0.1) is 0 Å². The summed E-state index contributed by atoms with van der Waals surface area (Å²) in [7, 11) is 0. The van der Waals surface area contributed by atoms with Gasteiger partial charge in [0, 0.05) is 13.2 Å². The summed E-state index contributed by atoms with van der Waals surface area (Å²) in [5, 5.41) is 12.5. The van der Waals surface area contributed by atoms with Gasteiger partial charge >= 0.3 is 0 Å². The van der Waals surface area contributed by atoms with Gasteiger partial charge in [-0.25, -0.2) is 0 Å². The zero-order valence-corrected chi connectivity index (χ0v) is 9.78. The third-order valence-corrected chi connectivity index (χ3v) is 2.24. The highest BCUT2D eigenvalue weighted by Gasteiger charge is 2.27. The van der Waals surface area contributed by atoms with Gasteiger partial charge in [0.05, 0.1) is 0 Å². The third-order valence-electron chi connectivity index (χ3n) is 2.24. The first-order valence-electron chi connectivity index (χ1n) is 5.14. The molecule has 0 rings (SSSR count). The Morgan fingerprint density at radius 1 is 1.08 bits per heavy atom. The molecule has 0 atom stereocenters. The number of hydrogen-bond donors (Lipinski definition) is 2. The molecule has 0 aliphatic rings. The van der Waals surface area contributed by atoms with Crippen LogP contribution in [0.1, 0.15) is 41.0 Å². The fourth-order valence-corrected chi connectivity index (χ4v) is 1.88. The molecular formula is C11H25NO. The molecule has 0 radical (unpaired) electrons. The first kappa shape index (κ1) is 12.9. The molecule has 0 aromatic carbocycles. The van der Waals surface area contributed by atoms with Crippen molar-refractivity contribution in [3.05, 3.63) is 0 Å². The summed E-state index contributed by atoms with van der Waals surface area (Å²) in [6.45, 7) is 13.1. The van der Waals surface area contributed by atoms with Crippen molar-refractivity contribution in [2.75, 3.05) is 19.7 Å². The van der Waals surface area contributed by atoms with Crippen molar-refractivity contribution < 1.29 is 5.11 Å². The summed E-state index contributed by atoms with van der Waals surface area (Å²) >= 11 is 0. The second-order valence-electron chi connectivity index (χ2n) is 5.44. The van der Waals surface area contributed by atoms with Crippen molar-refractivity contribution in [1.82, 2.24) is 5.32 Å². The van der Waals surface area contributed by atoms with Gasteiger partial charge in [-0.3, -0.25) is 0 Å². The number of aliphatic hydroxyl groups is 1. The van der Waals surface area contributed by atoms with Gasteiger partial charge in [0.2, 0.25) is 0 Å². The van der Waals surface area contributed by atoms with E-state index in [0.29, 0.717) is 0 Å². The fourth-order valence-electron chi connectivity index (χ4n) is 1.88. The van der Waals surface area contributed by atoms with E-state index in [1.807, 2.05) is 0 Å². The lowest BCUT2D eigenvalue weighted by Gasteiger charge is -2.33. The van der Waals surface area contributed by atoms with E-state index in [9.17, 15) is 0 Å². The Morgan fingerprint density at radius 2 is 1.62 bits per heavy atom. The lowest BCUT2D eigenvalue weighted by atomic mass is 9.75. The van der Waals surface area contributed by atoms with Gasteiger partial charge in [0.15, 0.2) is 0 Å². The molecule has 0 heterocycles. The zero-order valence-electron chi connectivity index (χ0n) is 9.78. The Labute approximate surface area is 82.7 Å². The SMILES string of the molecule is CCNCC(C)(C)CC(C)(C)CO. The standard InChI is InChI=1S/C11H25NO/c1-6-12-8-10(2,3)7-11(4,5)9-13/h12-13H,6-9H2,1-5H3. The van der Waals surface area contributed by atoms with Gasteiger partial charge in [-0.05, 0) is 23.8 Å². The van der Waals surface area contributed by atoms with Gasteiger partial charge in [-0.2, -0.15) is 0 Å². The Morgan fingerprint density at radius 3 is 2.00 bits per heavy atom. The predicted molar refractivity (Wildman–Crippen MR) is 57.8 cm³/mol. The molecule has 0 aliphatic carbocycles. The quantitative estimate of drug-likeness (QED) is 0.667. The molecule has 0 unspecified atom stereocenters. The summed E-state index contributed by atoms with van der Waals surface area (Å²) < 4.78 is 0. The van der Waals surface area contributed by atoms with Crippen molar-refractivity contribution in [1.29, 1.82) is 0 Å². The fraction of sp³-hybridized carbons (Fsp3) is 1.00. The first-order valence-corrected chi connectivity index (χ1v) is 5.14. The van der Waals surface area contributed by atoms with E-state index >= 15 is 0 Å². The summed E-state index contributed by atoms with van der Waals surface area (Å²) in [6, 6.07) is 0. The third kappa shape index (κ3) is 6.05. The molecule has 0 spiro atoms. The molecular weight excluding hydrogens is 162 g/mol. The van der Waals surface area contributed by atoms with Crippen LogP contribution in [0.15, 0.2) is 0 Å². The number of aliphatic hydroxyl groups excluding tert-OH is 1. The molecule has 0 aliphatic heterocycles. The summed E-state index contributed by atoms with van der Waals surface area (Å²) in [6.07, 6.45) is 1.05. The van der Waals surface area contributed by atoms with Crippen molar-refractivity contribution in [2.24, 2.45) is 10.8 Å². The Bertz CT molecular complexity index is 141. The summed E-state index contributed by atoms with van der Waals surface area (Å²) in [5.74, 6) is 0. The Kier molecular flexibility index (Phi) is 4.93. The molecule has 0 saturated carbocycles. The Balaban J connectivity index is 4.00. The average molecular weight is 187 g/mol. The van der Waals surface area contributed by atoms with Crippen LogP contribution >= 0.6 is 0 Å². The maximum atomic E-state index is 9.16. The highest BCUT2D eigenvalue weighted by molar-refractivity contribution is 4.80. The van der Waals surface area contributed by atoms with E-state index in [2.05, 4.69) is 39.9 Å². The lowest BCUT2D eigenvalue weighted by Crippen LogP contribution is -2.34. The van der Waals surface area contributed by atoms with E-state index in [4.69, 9.17) is 5.11 Å². The Hall–Kier alpha value is -0.0800. The summed E-state index contributed by atoms with van der Waals surface area (Å²) in [4.78, 5) is 0. The van der Waals surface area contributed by atoms with Crippen LogP contribution < -0.4 is 5.32 Å². The molecule has 2 nitrogen and oxygen atoms in total. The second-order valence-corrected chi connectivity index (χ2v) is 5.44. The van der Waals surface area contributed by atoms with Gasteiger partial charge in [-0.1, -0.05) is 34.6 Å². The summed E-state index contributed by atoms with van der Waals surface area (Å²) in [5.41, 5.74) is 0.307. The normalized spacial score (nSPS) is 13.4. The molecule has 0 aromatic heterocycles. The molecule has 0 saturated heterocycles. The minimum Gasteiger partial charge on any atom is -0.396 e. The molecule has 13 heavy (non-hydrogen) atoms.